The lowest BCUT2D eigenvalue weighted by molar-refractivity contribution is -0.148. The van der Waals surface area contributed by atoms with Crippen molar-refractivity contribution in [1.82, 2.24) is 0 Å². The summed E-state index contributed by atoms with van der Waals surface area (Å²) in [7, 11) is 0. The summed E-state index contributed by atoms with van der Waals surface area (Å²) in [5, 5.41) is 0. The van der Waals surface area contributed by atoms with Crippen LogP contribution in [0, 0.1) is 0 Å². The van der Waals surface area contributed by atoms with Crippen LogP contribution < -0.4 is 0 Å². The zero-order valence-corrected chi connectivity index (χ0v) is 10.4. The van der Waals surface area contributed by atoms with E-state index in [0.29, 0.717) is 11.8 Å². The van der Waals surface area contributed by atoms with E-state index in [4.69, 9.17) is 9.47 Å². The van der Waals surface area contributed by atoms with E-state index in [0.717, 1.165) is 0 Å². The second-order valence-electron chi connectivity index (χ2n) is 5.58. The summed E-state index contributed by atoms with van der Waals surface area (Å²) in [4.78, 5) is 0. The summed E-state index contributed by atoms with van der Waals surface area (Å²) in [6, 6.07) is 6.59. The molecule has 1 saturated heterocycles. The van der Waals surface area contributed by atoms with Crippen molar-refractivity contribution in [2.45, 2.75) is 57.5 Å². The van der Waals surface area contributed by atoms with Crippen LogP contribution in [0.2, 0.25) is 0 Å². The summed E-state index contributed by atoms with van der Waals surface area (Å²) in [5.74, 6) is 0.447. The van der Waals surface area contributed by atoms with Crippen LogP contribution in [0.3, 0.4) is 0 Å². The molecule has 0 saturated carbocycles. The molecule has 0 bridgehead atoms. The Labute approximate surface area is 96.9 Å². The van der Waals surface area contributed by atoms with E-state index in [-0.39, 0.29) is 12.2 Å². The fourth-order valence-corrected chi connectivity index (χ4v) is 3.22. The molecule has 2 heteroatoms. The molecular weight excluding hydrogens is 200 g/mol. The van der Waals surface area contributed by atoms with Crippen molar-refractivity contribution in [3.05, 3.63) is 29.3 Å². The number of rotatable bonds is 0. The number of fused-ring (bicyclic) bond motifs is 2. The average Bonchev–Trinajstić information content (AvgIpc) is 2.78. The molecule has 1 aliphatic carbocycles. The normalized spacial score (nSPS) is 40.5. The Kier molecular flexibility index (Phi) is 2.05. The molecule has 0 aromatic heterocycles. The van der Waals surface area contributed by atoms with Crippen LogP contribution in [-0.2, 0) is 9.47 Å². The molecular formula is C14H19O2-. The van der Waals surface area contributed by atoms with E-state index < -0.39 is 5.79 Å². The van der Waals surface area contributed by atoms with Gasteiger partial charge in [-0.25, -0.2) is 6.07 Å². The lowest BCUT2D eigenvalue weighted by Crippen LogP contribution is -2.36. The Bertz CT molecular complexity index is 370. The smallest absolute Gasteiger partial charge is 0.163 e. The van der Waals surface area contributed by atoms with Gasteiger partial charge in [0, 0.05) is 0 Å². The van der Waals surface area contributed by atoms with E-state index in [9.17, 15) is 0 Å². The van der Waals surface area contributed by atoms with Gasteiger partial charge in [-0.2, -0.15) is 23.3 Å². The molecule has 88 valence electrons. The minimum atomic E-state index is -0.429. The second kappa shape index (κ2) is 3.14. The summed E-state index contributed by atoms with van der Waals surface area (Å²) >= 11 is 0. The van der Waals surface area contributed by atoms with Gasteiger partial charge in [-0.05, 0) is 25.7 Å². The van der Waals surface area contributed by atoms with Crippen molar-refractivity contribution in [3.63, 3.8) is 0 Å². The monoisotopic (exact) mass is 219 g/mol. The highest BCUT2D eigenvalue weighted by Crippen LogP contribution is 2.48. The van der Waals surface area contributed by atoms with E-state index >= 15 is 0 Å². The molecule has 1 unspecified atom stereocenters. The summed E-state index contributed by atoms with van der Waals surface area (Å²) in [5.41, 5.74) is 2.88. The van der Waals surface area contributed by atoms with E-state index in [1.807, 2.05) is 13.8 Å². The molecule has 1 aromatic carbocycles. The standard InChI is InChI=1S/C14H19O2/c1-8-10-6-5-7-11(10)9(2)13-12(8)15-14(3,4)16-13/h5-9,12-13H,1-4H3/q-1/t8-,9?,12+,13+/m0/s1. The zero-order chi connectivity index (χ0) is 11.5. The minimum absolute atomic E-state index is 0.208. The number of ether oxygens (including phenoxy) is 2. The fourth-order valence-electron chi connectivity index (χ4n) is 3.22. The van der Waals surface area contributed by atoms with Crippen LogP contribution in [0.4, 0.5) is 0 Å². The first kappa shape index (κ1) is 10.4. The molecule has 0 amide bonds. The molecule has 1 aliphatic heterocycles. The van der Waals surface area contributed by atoms with Crippen molar-refractivity contribution < 1.29 is 9.47 Å². The average molecular weight is 219 g/mol. The quantitative estimate of drug-likeness (QED) is 0.624. The summed E-state index contributed by atoms with van der Waals surface area (Å²) < 4.78 is 12.1. The van der Waals surface area contributed by atoms with Crippen LogP contribution in [-0.4, -0.2) is 18.0 Å². The molecule has 1 aromatic rings. The second-order valence-corrected chi connectivity index (χ2v) is 5.58. The highest BCUT2D eigenvalue weighted by Gasteiger charge is 2.47. The van der Waals surface area contributed by atoms with E-state index in [2.05, 4.69) is 32.0 Å². The van der Waals surface area contributed by atoms with Crippen molar-refractivity contribution in [1.29, 1.82) is 0 Å². The maximum absolute atomic E-state index is 6.04. The molecule has 16 heavy (non-hydrogen) atoms. The van der Waals surface area contributed by atoms with E-state index in [1.165, 1.54) is 11.1 Å². The highest BCUT2D eigenvalue weighted by atomic mass is 16.8. The van der Waals surface area contributed by atoms with Crippen LogP contribution in [0.1, 0.15) is 50.7 Å². The summed E-state index contributed by atoms with van der Waals surface area (Å²) in [6.07, 6.45) is 0.416. The topological polar surface area (TPSA) is 18.5 Å². The molecule has 2 nitrogen and oxygen atoms in total. The van der Waals surface area contributed by atoms with Crippen LogP contribution in [0.15, 0.2) is 18.2 Å². The van der Waals surface area contributed by atoms with Gasteiger partial charge in [0.1, 0.15) is 0 Å². The van der Waals surface area contributed by atoms with Gasteiger partial charge in [-0.1, -0.05) is 13.8 Å². The maximum atomic E-state index is 6.04. The minimum Gasteiger partial charge on any atom is -0.345 e. The van der Waals surface area contributed by atoms with Gasteiger partial charge in [-0.15, -0.1) is 0 Å². The van der Waals surface area contributed by atoms with Gasteiger partial charge < -0.3 is 9.47 Å². The fraction of sp³-hybridized carbons (Fsp3) is 0.643. The van der Waals surface area contributed by atoms with Gasteiger partial charge >= 0.3 is 0 Å². The van der Waals surface area contributed by atoms with Crippen molar-refractivity contribution in [3.8, 4) is 0 Å². The van der Waals surface area contributed by atoms with Crippen LogP contribution in [0.5, 0.6) is 0 Å². The number of hydrogen-bond donors (Lipinski definition) is 0. The van der Waals surface area contributed by atoms with Crippen molar-refractivity contribution >= 4 is 0 Å². The Balaban J connectivity index is 2.03. The van der Waals surface area contributed by atoms with Gasteiger partial charge in [0.2, 0.25) is 0 Å². The lowest BCUT2D eigenvalue weighted by Gasteiger charge is -2.39. The van der Waals surface area contributed by atoms with Crippen LogP contribution >= 0.6 is 0 Å². The Morgan fingerprint density at radius 3 is 2.44 bits per heavy atom. The third kappa shape index (κ3) is 1.30. The molecule has 0 radical (unpaired) electrons. The largest absolute Gasteiger partial charge is 0.345 e. The molecule has 3 rings (SSSR count). The van der Waals surface area contributed by atoms with E-state index in [1.54, 1.807) is 0 Å². The van der Waals surface area contributed by atoms with Crippen molar-refractivity contribution in [2.24, 2.45) is 0 Å². The van der Waals surface area contributed by atoms with Crippen LogP contribution in [0.25, 0.3) is 0 Å². The molecule has 4 atom stereocenters. The Morgan fingerprint density at radius 2 is 1.75 bits per heavy atom. The first-order valence-corrected chi connectivity index (χ1v) is 6.11. The third-order valence-corrected chi connectivity index (χ3v) is 4.02. The van der Waals surface area contributed by atoms with Gasteiger partial charge in [0.05, 0.1) is 12.2 Å². The van der Waals surface area contributed by atoms with Gasteiger partial charge in [-0.3, -0.25) is 0 Å². The lowest BCUT2D eigenvalue weighted by atomic mass is 9.77. The first-order chi connectivity index (χ1) is 7.49. The predicted octanol–water partition coefficient (Wildman–Crippen LogP) is 3.15. The molecule has 1 fully saturated rings. The predicted molar refractivity (Wildman–Crippen MR) is 62.7 cm³/mol. The number of hydrogen-bond acceptors (Lipinski definition) is 2. The SMILES string of the molecule is CC1c2cc[cH-]c2[C@H](C)[C@H]2OC(C)(C)O[C@H]12. The van der Waals surface area contributed by atoms with Gasteiger partial charge in [0.25, 0.3) is 0 Å². The Hall–Kier alpha value is -0.730. The summed E-state index contributed by atoms with van der Waals surface area (Å²) in [6.45, 7) is 8.51. The molecule has 1 heterocycles. The Morgan fingerprint density at radius 1 is 1.12 bits per heavy atom. The third-order valence-electron chi connectivity index (χ3n) is 4.02. The first-order valence-electron chi connectivity index (χ1n) is 6.11. The maximum Gasteiger partial charge on any atom is 0.163 e. The van der Waals surface area contributed by atoms with Gasteiger partial charge in [0.15, 0.2) is 5.79 Å². The zero-order valence-electron chi connectivity index (χ0n) is 10.4. The molecule has 0 N–H and O–H groups in total. The molecule has 0 spiro atoms. The highest BCUT2D eigenvalue weighted by molar-refractivity contribution is 5.40. The van der Waals surface area contributed by atoms with Crippen molar-refractivity contribution in [2.75, 3.05) is 0 Å². The molecule has 2 aliphatic rings.